The quantitative estimate of drug-likeness (QED) is 0.903. The Morgan fingerprint density at radius 2 is 1.95 bits per heavy atom. The van der Waals surface area contributed by atoms with E-state index in [0.717, 1.165) is 11.4 Å². The second-order valence-electron chi connectivity index (χ2n) is 4.50. The number of nitrogens with one attached hydrogen (secondary N) is 1. The largest absolute Gasteiger partial charge is 0.324 e. The van der Waals surface area contributed by atoms with Crippen LogP contribution < -0.4 is 5.32 Å². The number of aromatic nitrogens is 2. The first-order valence-electron chi connectivity index (χ1n) is 6.00. The molecule has 0 saturated heterocycles. The van der Waals surface area contributed by atoms with Gasteiger partial charge in [-0.15, -0.1) is 0 Å². The molecule has 98 valence electrons. The summed E-state index contributed by atoms with van der Waals surface area (Å²) < 4.78 is 23.0. The summed E-state index contributed by atoms with van der Waals surface area (Å²) in [7, 11) is -2.97. The van der Waals surface area contributed by atoms with E-state index >= 15 is 0 Å². The zero-order valence-electron chi connectivity index (χ0n) is 10.2. The van der Waals surface area contributed by atoms with Gasteiger partial charge in [0.15, 0.2) is 9.84 Å². The van der Waals surface area contributed by atoms with Gasteiger partial charge < -0.3 is 5.32 Å². The smallest absolute Gasteiger partial charge is 0.227 e. The second kappa shape index (κ2) is 4.62. The Morgan fingerprint density at radius 3 is 2.74 bits per heavy atom. The van der Waals surface area contributed by atoms with Crippen molar-refractivity contribution in [3.8, 4) is 0 Å². The summed E-state index contributed by atoms with van der Waals surface area (Å²) >= 11 is 0. The van der Waals surface area contributed by atoms with E-state index in [1.807, 2.05) is 30.3 Å². The molecule has 0 radical (unpaired) electrons. The molecule has 6 heteroatoms. The summed E-state index contributed by atoms with van der Waals surface area (Å²) in [5.41, 5.74) is 2.44. The zero-order valence-corrected chi connectivity index (χ0v) is 11.0. The standard InChI is InChI=1S/C13H13N3O2S/c17-19(18)7-6-12-10(9-19)8-14-13(16-12)15-11-4-2-1-3-5-11/h1-5,8H,6-7,9H2,(H,14,15,16). The average molecular weight is 275 g/mol. The lowest BCUT2D eigenvalue weighted by atomic mass is 10.2. The molecule has 0 saturated carbocycles. The van der Waals surface area contributed by atoms with Gasteiger partial charge in [0.25, 0.3) is 0 Å². The number of fused-ring (bicyclic) bond motifs is 1. The van der Waals surface area contributed by atoms with Gasteiger partial charge in [-0.1, -0.05) is 18.2 Å². The Morgan fingerprint density at radius 1 is 1.16 bits per heavy atom. The van der Waals surface area contributed by atoms with Gasteiger partial charge >= 0.3 is 0 Å². The van der Waals surface area contributed by atoms with E-state index in [1.54, 1.807) is 6.20 Å². The van der Waals surface area contributed by atoms with Gasteiger partial charge in [-0.05, 0) is 12.1 Å². The van der Waals surface area contributed by atoms with Crippen LogP contribution in [0.2, 0.25) is 0 Å². The van der Waals surface area contributed by atoms with E-state index in [2.05, 4.69) is 15.3 Å². The van der Waals surface area contributed by atoms with Crippen LogP contribution in [0, 0.1) is 0 Å². The summed E-state index contributed by atoms with van der Waals surface area (Å²) in [6.07, 6.45) is 2.06. The molecular formula is C13H13N3O2S. The molecule has 19 heavy (non-hydrogen) atoms. The molecule has 2 aromatic rings. The molecule has 1 aromatic carbocycles. The van der Waals surface area contributed by atoms with Crippen molar-refractivity contribution >= 4 is 21.5 Å². The van der Waals surface area contributed by atoms with Gasteiger partial charge in [0.2, 0.25) is 5.95 Å². The number of nitrogens with zero attached hydrogens (tertiary/aromatic N) is 2. The van der Waals surface area contributed by atoms with Crippen molar-refractivity contribution in [2.45, 2.75) is 12.2 Å². The van der Waals surface area contributed by atoms with E-state index in [9.17, 15) is 8.42 Å². The Bertz CT molecular complexity index is 699. The van der Waals surface area contributed by atoms with E-state index in [-0.39, 0.29) is 11.5 Å². The van der Waals surface area contributed by atoms with Crippen LogP contribution in [-0.4, -0.2) is 24.1 Å². The van der Waals surface area contributed by atoms with Crippen LogP contribution >= 0.6 is 0 Å². The van der Waals surface area contributed by atoms with Gasteiger partial charge in [0.05, 0.1) is 17.2 Å². The Labute approximate surface area is 111 Å². The monoisotopic (exact) mass is 275 g/mol. The molecule has 0 aliphatic carbocycles. The lowest BCUT2D eigenvalue weighted by molar-refractivity contribution is 0.590. The number of hydrogen-bond donors (Lipinski definition) is 1. The molecule has 5 nitrogen and oxygen atoms in total. The van der Waals surface area contributed by atoms with Crippen LogP contribution in [-0.2, 0) is 22.0 Å². The molecule has 0 spiro atoms. The maximum atomic E-state index is 11.5. The van der Waals surface area contributed by atoms with Crippen molar-refractivity contribution in [3.05, 3.63) is 47.8 Å². The van der Waals surface area contributed by atoms with Crippen molar-refractivity contribution in [1.82, 2.24) is 9.97 Å². The van der Waals surface area contributed by atoms with Gasteiger partial charge in [-0.3, -0.25) is 0 Å². The molecule has 1 aromatic heterocycles. The van der Waals surface area contributed by atoms with Crippen LogP contribution in [0.1, 0.15) is 11.3 Å². The van der Waals surface area contributed by atoms with Gasteiger partial charge in [0, 0.05) is 23.9 Å². The van der Waals surface area contributed by atoms with Crippen molar-refractivity contribution in [2.75, 3.05) is 11.1 Å². The normalized spacial score (nSPS) is 16.6. The highest BCUT2D eigenvalue weighted by Crippen LogP contribution is 2.20. The molecule has 0 fully saturated rings. The molecule has 3 rings (SSSR count). The second-order valence-corrected chi connectivity index (χ2v) is 6.68. The number of sulfone groups is 1. The van der Waals surface area contributed by atoms with Crippen LogP contribution in [0.25, 0.3) is 0 Å². The molecular weight excluding hydrogens is 262 g/mol. The van der Waals surface area contributed by atoms with E-state index < -0.39 is 9.84 Å². The maximum absolute atomic E-state index is 11.5. The summed E-state index contributed by atoms with van der Waals surface area (Å²) in [6.45, 7) is 0. The minimum Gasteiger partial charge on any atom is -0.324 e. The maximum Gasteiger partial charge on any atom is 0.227 e. The lowest BCUT2D eigenvalue weighted by Crippen LogP contribution is -2.20. The van der Waals surface area contributed by atoms with E-state index in [0.29, 0.717) is 17.9 Å². The van der Waals surface area contributed by atoms with Crippen molar-refractivity contribution in [2.24, 2.45) is 0 Å². The summed E-state index contributed by atoms with van der Waals surface area (Å²) in [6, 6.07) is 9.63. The minimum atomic E-state index is -2.97. The molecule has 0 bridgehead atoms. The van der Waals surface area contributed by atoms with Gasteiger partial charge in [-0.25, -0.2) is 18.4 Å². The first-order valence-corrected chi connectivity index (χ1v) is 7.82. The molecule has 0 atom stereocenters. The van der Waals surface area contributed by atoms with Gasteiger partial charge in [0.1, 0.15) is 0 Å². The Kier molecular flexibility index (Phi) is 2.94. The third-order valence-electron chi connectivity index (χ3n) is 3.01. The topological polar surface area (TPSA) is 72.0 Å². The fourth-order valence-corrected chi connectivity index (χ4v) is 3.41. The van der Waals surface area contributed by atoms with Crippen LogP contribution in [0.5, 0.6) is 0 Å². The average Bonchev–Trinajstić information content (AvgIpc) is 2.39. The van der Waals surface area contributed by atoms with E-state index in [4.69, 9.17) is 0 Å². The Hall–Kier alpha value is -1.95. The first-order chi connectivity index (χ1) is 9.12. The third-order valence-corrected chi connectivity index (χ3v) is 4.59. The number of benzene rings is 1. The highest BCUT2D eigenvalue weighted by atomic mass is 32.2. The SMILES string of the molecule is O=S1(=O)CCc2nc(Nc3ccccc3)ncc2C1. The van der Waals surface area contributed by atoms with Gasteiger partial charge in [-0.2, -0.15) is 0 Å². The first kappa shape index (κ1) is 12.1. The summed E-state index contributed by atoms with van der Waals surface area (Å²) in [4.78, 5) is 8.55. The number of para-hydroxylation sites is 1. The highest BCUT2D eigenvalue weighted by Gasteiger charge is 2.22. The van der Waals surface area contributed by atoms with Crippen LogP contribution in [0.15, 0.2) is 36.5 Å². The number of rotatable bonds is 2. The van der Waals surface area contributed by atoms with Crippen LogP contribution in [0.4, 0.5) is 11.6 Å². The molecule has 0 amide bonds. The fourth-order valence-electron chi connectivity index (χ4n) is 2.05. The minimum absolute atomic E-state index is 0.0496. The fraction of sp³-hybridized carbons (Fsp3) is 0.231. The van der Waals surface area contributed by atoms with E-state index in [1.165, 1.54) is 0 Å². The number of anilines is 2. The number of hydrogen-bond acceptors (Lipinski definition) is 5. The van der Waals surface area contributed by atoms with Crippen molar-refractivity contribution in [3.63, 3.8) is 0 Å². The summed E-state index contributed by atoms with van der Waals surface area (Å²) in [5, 5.41) is 3.10. The lowest BCUT2D eigenvalue weighted by Gasteiger charge is -2.15. The van der Waals surface area contributed by atoms with Crippen molar-refractivity contribution < 1.29 is 8.42 Å². The summed E-state index contributed by atoms with van der Waals surface area (Å²) in [5.74, 6) is 0.722. The third kappa shape index (κ3) is 2.73. The molecule has 1 aliphatic rings. The van der Waals surface area contributed by atoms with Crippen LogP contribution in [0.3, 0.4) is 0 Å². The molecule has 1 N–H and O–H groups in total. The predicted molar refractivity (Wildman–Crippen MR) is 73.0 cm³/mol. The predicted octanol–water partition coefficient (Wildman–Crippen LogP) is 1.69. The Balaban J connectivity index is 1.87. The zero-order chi connectivity index (χ0) is 13.3. The van der Waals surface area contributed by atoms with Crippen molar-refractivity contribution in [1.29, 1.82) is 0 Å². The molecule has 1 aliphatic heterocycles. The number of aryl methyl sites for hydroxylation is 1. The molecule has 0 unspecified atom stereocenters. The molecule has 2 heterocycles. The highest BCUT2D eigenvalue weighted by molar-refractivity contribution is 7.90.